The van der Waals surface area contributed by atoms with E-state index in [-0.39, 0.29) is 10.2 Å². The quantitative estimate of drug-likeness (QED) is 0.773. The van der Waals surface area contributed by atoms with Crippen LogP contribution < -0.4 is 9.60 Å². The van der Waals surface area contributed by atoms with Crippen molar-refractivity contribution in [3.63, 3.8) is 0 Å². The third-order valence-corrected chi connectivity index (χ3v) is 5.32. The number of amidine groups is 1. The summed E-state index contributed by atoms with van der Waals surface area (Å²) in [5, 5.41) is 18.6. The summed E-state index contributed by atoms with van der Waals surface area (Å²) in [5.41, 5.74) is 1.80. The number of carbonyl (C=O) groups is 1. The molecule has 31 heavy (non-hydrogen) atoms. The normalized spacial score (nSPS) is 22.6. The summed E-state index contributed by atoms with van der Waals surface area (Å²) in [4.78, 5) is 20.6. The number of morpholine rings is 1. The van der Waals surface area contributed by atoms with Gasteiger partial charge in [0, 0.05) is 25.2 Å². The molecule has 3 aliphatic rings. The molecule has 5 rings (SSSR count). The second-order valence-electron chi connectivity index (χ2n) is 7.20. The maximum Gasteiger partial charge on any atom is 0.335 e. The first-order valence-electron chi connectivity index (χ1n) is 9.98. The molecule has 3 heterocycles. The number of ether oxygens (including phenoxy) is 1. The van der Waals surface area contributed by atoms with Gasteiger partial charge in [0.25, 0.3) is 5.84 Å². The molecule has 1 N–H and O–H groups in total. The first-order valence-corrected chi connectivity index (χ1v) is 9.98. The van der Waals surface area contributed by atoms with Crippen LogP contribution in [0.2, 0.25) is 0 Å². The van der Waals surface area contributed by atoms with Crippen LogP contribution in [0.25, 0.3) is 0 Å². The molecule has 0 amide bonds. The van der Waals surface area contributed by atoms with Crippen LogP contribution in [-0.4, -0.2) is 60.4 Å². The molecule has 2 aromatic carbocycles. The number of hydrazine groups is 1. The van der Waals surface area contributed by atoms with Gasteiger partial charge in [0.05, 0.1) is 30.7 Å². The Morgan fingerprint density at radius 2 is 1.90 bits per heavy atom. The smallest absolute Gasteiger partial charge is 0.335 e. The van der Waals surface area contributed by atoms with Crippen molar-refractivity contribution in [2.24, 2.45) is 15.1 Å². The zero-order chi connectivity index (χ0) is 21.3. The Kier molecular flexibility index (Phi) is 4.91. The molecular formula is C22H21N6O3+. The summed E-state index contributed by atoms with van der Waals surface area (Å²) in [6, 6.07) is 16.7. The lowest BCUT2D eigenvalue weighted by Crippen LogP contribution is -2.51. The molecule has 1 fully saturated rings. The van der Waals surface area contributed by atoms with Gasteiger partial charge in [-0.25, -0.2) is 14.8 Å². The van der Waals surface area contributed by atoms with Crippen LogP contribution in [0.1, 0.15) is 10.4 Å². The second kappa shape index (κ2) is 7.88. The standard InChI is InChI=1S/C22H20N6O3/c29-21(30)17-5-4-8-19(15-17)28-12-9-23-16-20(28)24-22(25-28)27(18-6-2-1-3-7-18)26-10-13-31-14-11-26/h1-9,12,15-16H,10-11,13-14H2/p+1. The number of aliphatic imine (C=N–C) groups is 2. The Hall–Kier alpha value is -3.66. The average molecular weight is 417 g/mol. The van der Waals surface area contributed by atoms with Crippen molar-refractivity contribution in [3.8, 4) is 0 Å². The van der Waals surface area contributed by atoms with Gasteiger partial charge < -0.3 is 9.84 Å². The summed E-state index contributed by atoms with van der Waals surface area (Å²) in [5.74, 6) is 0.104. The van der Waals surface area contributed by atoms with Crippen LogP contribution in [0.5, 0.6) is 0 Å². The highest BCUT2D eigenvalue weighted by Gasteiger charge is 2.45. The topological polar surface area (TPSA) is 90.1 Å². The van der Waals surface area contributed by atoms with Crippen molar-refractivity contribution in [2.75, 3.05) is 31.3 Å². The highest BCUT2D eigenvalue weighted by atomic mass is 16.5. The Morgan fingerprint density at radius 3 is 2.68 bits per heavy atom. The fraction of sp³-hybridized carbons (Fsp3) is 0.182. The van der Waals surface area contributed by atoms with Crippen molar-refractivity contribution in [2.45, 2.75) is 0 Å². The van der Waals surface area contributed by atoms with Crippen LogP contribution in [-0.2, 0) is 4.74 Å². The van der Waals surface area contributed by atoms with Gasteiger partial charge in [-0.05, 0) is 23.3 Å². The molecule has 2 aromatic rings. The molecule has 9 nitrogen and oxygen atoms in total. The van der Waals surface area contributed by atoms with E-state index < -0.39 is 5.97 Å². The summed E-state index contributed by atoms with van der Waals surface area (Å²) < 4.78 is 5.46. The van der Waals surface area contributed by atoms with Crippen LogP contribution in [0.3, 0.4) is 0 Å². The first-order chi connectivity index (χ1) is 15.2. The predicted octanol–water partition coefficient (Wildman–Crippen LogP) is 2.68. The maximum atomic E-state index is 11.5. The van der Waals surface area contributed by atoms with Crippen LogP contribution >= 0.6 is 0 Å². The van der Waals surface area contributed by atoms with E-state index in [0.29, 0.717) is 43.8 Å². The Balaban J connectivity index is 1.63. The van der Waals surface area contributed by atoms with Gasteiger partial charge in [-0.15, -0.1) is 4.99 Å². The van der Waals surface area contributed by atoms with Gasteiger partial charge in [-0.3, -0.25) is 4.99 Å². The van der Waals surface area contributed by atoms with Crippen molar-refractivity contribution < 1.29 is 14.6 Å². The van der Waals surface area contributed by atoms with Crippen LogP contribution in [0, 0.1) is 0 Å². The number of anilines is 1. The molecule has 0 aromatic heterocycles. The van der Waals surface area contributed by atoms with E-state index in [1.54, 1.807) is 36.8 Å². The fourth-order valence-electron chi connectivity index (χ4n) is 3.81. The molecule has 3 aliphatic heterocycles. The number of para-hydroxylation sites is 1. The highest BCUT2D eigenvalue weighted by Crippen LogP contribution is 2.33. The van der Waals surface area contributed by atoms with E-state index in [9.17, 15) is 9.90 Å². The summed E-state index contributed by atoms with van der Waals surface area (Å²) in [6.07, 6.45) is 5.11. The lowest BCUT2D eigenvalue weighted by Gasteiger charge is -2.36. The largest absolute Gasteiger partial charge is 0.478 e. The lowest BCUT2D eigenvalue weighted by atomic mass is 10.2. The monoisotopic (exact) mass is 417 g/mol. The molecule has 0 radical (unpaired) electrons. The minimum absolute atomic E-state index is 0.0758. The van der Waals surface area contributed by atoms with Gasteiger partial charge in [0.1, 0.15) is 6.21 Å². The second-order valence-corrected chi connectivity index (χ2v) is 7.20. The van der Waals surface area contributed by atoms with Crippen LogP contribution in [0.15, 0.2) is 82.1 Å². The number of hydrogen-bond acceptors (Lipinski definition) is 7. The number of aromatic carboxylic acids is 1. The number of carboxylic acid groups (broad SMARTS) is 1. The summed E-state index contributed by atoms with van der Waals surface area (Å²) in [7, 11) is 0. The molecule has 0 spiro atoms. The summed E-state index contributed by atoms with van der Waals surface area (Å²) in [6.45, 7) is 2.65. The molecule has 9 heteroatoms. The Morgan fingerprint density at radius 1 is 1.10 bits per heavy atom. The Labute approximate surface area is 179 Å². The number of fused-ring (bicyclic) bond motifs is 1. The van der Waals surface area contributed by atoms with Crippen LogP contribution in [0.4, 0.5) is 11.4 Å². The van der Waals surface area contributed by atoms with E-state index in [4.69, 9.17) is 14.8 Å². The van der Waals surface area contributed by atoms with E-state index in [0.717, 1.165) is 5.69 Å². The third-order valence-electron chi connectivity index (χ3n) is 5.32. The van der Waals surface area contributed by atoms with Gasteiger partial charge in [-0.1, -0.05) is 28.9 Å². The minimum atomic E-state index is -0.990. The van der Waals surface area contributed by atoms with E-state index >= 15 is 0 Å². The van der Waals surface area contributed by atoms with Crippen molar-refractivity contribution in [1.82, 2.24) is 9.60 Å². The number of quaternary nitrogens is 1. The molecule has 1 saturated heterocycles. The lowest BCUT2D eigenvalue weighted by molar-refractivity contribution is 0.0392. The number of benzene rings is 2. The Bertz CT molecular complexity index is 1120. The SMILES string of the molecule is O=C(O)c1cccc([N+]23C=CN=CC2=NC(N(c2ccccc2)N2CCOCC2)=N3)c1. The fourth-order valence-corrected chi connectivity index (χ4v) is 3.81. The minimum Gasteiger partial charge on any atom is -0.478 e. The number of nitrogens with zero attached hydrogens (tertiary/aromatic N) is 6. The molecule has 1 atom stereocenters. The van der Waals surface area contributed by atoms with Gasteiger partial charge in [0.2, 0.25) is 0 Å². The van der Waals surface area contributed by atoms with E-state index in [1.807, 2.05) is 41.4 Å². The third kappa shape index (κ3) is 3.44. The zero-order valence-corrected chi connectivity index (χ0v) is 16.7. The molecule has 0 saturated carbocycles. The molecule has 156 valence electrons. The molecule has 0 bridgehead atoms. The molecular weight excluding hydrogens is 396 g/mol. The number of hydrogen-bond donors (Lipinski definition) is 1. The number of carboxylic acids is 1. The zero-order valence-electron chi connectivity index (χ0n) is 16.7. The average Bonchev–Trinajstić information content (AvgIpc) is 3.21. The highest BCUT2D eigenvalue weighted by molar-refractivity contribution is 6.38. The first kappa shape index (κ1) is 19.3. The molecule has 1 unspecified atom stereocenters. The van der Waals surface area contributed by atoms with Crippen molar-refractivity contribution >= 4 is 35.4 Å². The van der Waals surface area contributed by atoms with E-state index in [1.165, 1.54) is 0 Å². The molecule has 0 aliphatic carbocycles. The van der Waals surface area contributed by atoms with Gasteiger partial charge >= 0.3 is 11.9 Å². The number of rotatable bonds is 4. The van der Waals surface area contributed by atoms with Crippen molar-refractivity contribution in [1.29, 1.82) is 0 Å². The van der Waals surface area contributed by atoms with Gasteiger partial charge in [0.15, 0.2) is 11.9 Å². The van der Waals surface area contributed by atoms with Crippen molar-refractivity contribution in [3.05, 3.63) is 72.6 Å². The van der Waals surface area contributed by atoms with E-state index in [2.05, 4.69) is 10.0 Å². The maximum absolute atomic E-state index is 11.5. The number of guanidine groups is 1. The summed E-state index contributed by atoms with van der Waals surface area (Å²) >= 11 is 0. The predicted molar refractivity (Wildman–Crippen MR) is 119 cm³/mol. The van der Waals surface area contributed by atoms with Gasteiger partial charge in [-0.2, -0.15) is 0 Å².